The maximum atomic E-state index is 12.5. The molecule has 2 aliphatic rings. The van der Waals surface area contributed by atoms with Crippen molar-refractivity contribution in [3.05, 3.63) is 18.2 Å². The zero-order valence-corrected chi connectivity index (χ0v) is 14.6. The minimum Gasteiger partial charge on any atom is -0.497 e. The molecule has 3 rings (SSSR count). The van der Waals surface area contributed by atoms with E-state index in [0.717, 1.165) is 32.2 Å². The maximum absolute atomic E-state index is 12.5. The molecule has 1 aromatic rings. The van der Waals surface area contributed by atoms with Gasteiger partial charge in [-0.3, -0.25) is 4.90 Å². The molecular formula is C18H27N3O3. The number of amides is 2. The molecule has 6 heteroatoms. The summed E-state index contributed by atoms with van der Waals surface area (Å²) in [5.74, 6) is 1.33. The number of nitrogens with one attached hydrogen (secondary N) is 1. The van der Waals surface area contributed by atoms with E-state index in [1.165, 1.54) is 25.7 Å². The maximum Gasteiger partial charge on any atom is 0.321 e. The van der Waals surface area contributed by atoms with E-state index in [4.69, 9.17) is 9.47 Å². The van der Waals surface area contributed by atoms with Crippen molar-refractivity contribution in [1.82, 2.24) is 9.80 Å². The Hall–Kier alpha value is -1.95. The van der Waals surface area contributed by atoms with Crippen LogP contribution < -0.4 is 14.8 Å². The highest BCUT2D eigenvalue weighted by Crippen LogP contribution is 2.27. The molecule has 0 unspecified atom stereocenters. The minimum atomic E-state index is -0.0589. The Morgan fingerprint density at radius 2 is 1.58 bits per heavy atom. The molecule has 0 radical (unpaired) electrons. The summed E-state index contributed by atoms with van der Waals surface area (Å²) in [6.07, 6.45) is 5.33. The van der Waals surface area contributed by atoms with Crippen molar-refractivity contribution in [2.45, 2.75) is 31.7 Å². The fourth-order valence-electron chi connectivity index (χ4n) is 3.64. The number of piperazine rings is 1. The van der Waals surface area contributed by atoms with Crippen LogP contribution in [0.1, 0.15) is 25.7 Å². The number of anilines is 1. The van der Waals surface area contributed by atoms with Crippen LogP contribution in [0.4, 0.5) is 10.5 Å². The Morgan fingerprint density at radius 3 is 2.12 bits per heavy atom. The van der Waals surface area contributed by atoms with Gasteiger partial charge in [-0.05, 0) is 12.8 Å². The van der Waals surface area contributed by atoms with Crippen LogP contribution >= 0.6 is 0 Å². The molecule has 2 fully saturated rings. The lowest BCUT2D eigenvalue weighted by molar-refractivity contribution is 0.115. The van der Waals surface area contributed by atoms with Crippen molar-refractivity contribution in [3.8, 4) is 11.5 Å². The van der Waals surface area contributed by atoms with Crippen LogP contribution in [0.25, 0.3) is 0 Å². The van der Waals surface area contributed by atoms with Crippen molar-refractivity contribution in [3.63, 3.8) is 0 Å². The van der Waals surface area contributed by atoms with Gasteiger partial charge in [-0.1, -0.05) is 12.8 Å². The highest BCUT2D eigenvalue weighted by molar-refractivity contribution is 5.90. The van der Waals surface area contributed by atoms with Gasteiger partial charge in [-0.15, -0.1) is 0 Å². The summed E-state index contributed by atoms with van der Waals surface area (Å²) >= 11 is 0. The van der Waals surface area contributed by atoms with E-state index in [1.54, 1.807) is 32.4 Å². The number of urea groups is 1. The molecule has 6 nitrogen and oxygen atoms in total. The van der Waals surface area contributed by atoms with Crippen molar-refractivity contribution < 1.29 is 14.3 Å². The molecule has 0 bridgehead atoms. The summed E-state index contributed by atoms with van der Waals surface area (Å²) in [5.41, 5.74) is 0.689. The van der Waals surface area contributed by atoms with E-state index in [1.807, 2.05) is 4.90 Å². The number of carbonyl (C=O) groups excluding carboxylic acids is 1. The molecular weight excluding hydrogens is 306 g/mol. The third-order valence-electron chi connectivity index (χ3n) is 5.05. The smallest absolute Gasteiger partial charge is 0.321 e. The molecule has 1 saturated heterocycles. The predicted octanol–water partition coefficient (Wildman–Crippen LogP) is 2.80. The van der Waals surface area contributed by atoms with Crippen LogP contribution in [0.15, 0.2) is 18.2 Å². The number of carbonyl (C=O) groups is 1. The van der Waals surface area contributed by atoms with Crippen LogP contribution in [-0.2, 0) is 0 Å². The molecule has 2 amide bonds. The fourth-order valence-corrected chi connectivity index (χ4v) is 3.64. The predicted molar refractivity (Wildman–Crippen MR) is 94.0 cm³/mol. The van der Waals surface area contributed by atoms with Gasteiger partial charge in [0.2, 0.25) is 0 Å². The molecule has 1 aromatic carbocycles. The van der Waals surface area contributed by atoms with Gasteiger partial charge in [0, 0.05) is 56.1 Å². The van der Waals surface area contributed by atoms with Gasteiger partial charge in [0.15, 0.2) is 0 Å². The standard InChI is InChI=1S/C18H27N3O3/c1-23-16-11-14(12-17(13-16)24-2)19-18(22)21-9-7-20(8-10-21)15-5-3-4-6-15/h11-13,15H,3-10H2,1-2H3,(H,19,22). The Kier molecular flexibility index (Phi) is 5.45. The summed E-state index contributed by atoms with van der Waals surface area (Å²) in [6, 6.07) is 6.06. The lowest BCUT2D eigenvalue weighted by atomic mass is 10.2. The summed E-state index contributed by atoms with van der Waals surface area (Å²) < 4.78 is 10.5. The van der Waals surface area contributed by atoms with Gasteiger partial charge in [0.05, 0.1) is 14.2 Å². The number of methoxy groups -OCH3 is 2. The highest BCUT2D eigenvalue weighted by Gasteiger charge is 2.27. The quantitative estimate of drug-likeness (QED) is 0.920. The summed E-state index contributed by atoms with van der Waals surface area (Å²) in [7, 11) is 3.20. The van der Waals surface area contributed by atoms with E-state index < -0.39 is 0 Å². The minimum absolute atomic E-state index is 0.0589. The Labute approximate surface area is 143 Å². The average Bonchev–Trinajstić information content (AvgIpc) is 3.16. The second-order valence-electron chi connectivity index (χ2n) is 6.49. The van der Waals surface area contributed by atoms with Gasteiger partial charge in [0.1, 0.15) is 11.5 Å². The first-order chi connectivity index (χ1) is 11.7. The second kappa shape index (κ2) is 7.75. The highest BCUT2D eigenvalue weighted by atomic mass is 16.5. The normalized spacial score (nSPS) is 19.3. The third kappa shape index (κ3) is 3.93. The lowest BCUT2D eigenvalue weighted by Crippen LogP contribution is -2.52. The molecule has 1 aliphatic heterocycles. The summed E-state index contributed by atoms with van der Waals surface area (Å²) in [4.78, 5) is 16.9. The zero-order valence-electron chi connectivity index (χ0n) is 14.6. The SMILES string of the molecule is COc1cc(NC(=O)N2CCN(C3CCCC3)CC2)cc(OC)c1. The Morgan fingerprint density at radius 1 is 1.00 bits per heavy atom. The number of ether oxygens (including phenoxy) is 2. The molecule has 0 spiro atoms. The number of nitrogens with zero attached hydrogens (tertiary/aromatic N) is 2. The van der Waals surface area contributed by atoms with Crippen molar-refractivity contribution >= 4 is 11.7 Å². The molecule has 24 heavy (non-hydrogen) atoms. The number of benzene rings is 1. The van der Waals surface area contributed by atoms with E-state index in [0.29, 0.717) is 17.2 Å². The van der Waals surface area contributed by atoms with E-state index in [-0.39, 0.29) is 6.03 Å². The summed E-state index contributed by atoms with van der Waals surface area (Å²) in [6.45, 7) is 3.51. The first kappa shape index (κ1) is 16.9. The van der Waals surface area contributed by atoms with Gasteiger partial charge in [0.25, 0.3) is 0 Å². The molecule has 1 N–H and O–H groups in total. The van der Waals surface area contributed by atoms with E-state index in [9.17, 15) is 4.79 Å². The first-order valence-corrected chi connectivity index (χ1v) is 8.72. The Bertz CT molecular complexity index is 542. The van der Waals surface area contributed by atoms with Crippen molar-refractivity contribution in [2.75, 3.05) is 45.7 Å². The monoisotopic (exact) mass is 333 g/mol. The van der Waals surface area contributed by atoms with E-state index in [2.05, 4.69) is 10.2 Å². The largest absolute Gasteiger partial charge is 0.497 e. The van der Waals surface area contributed by atoms with Gasteiger partial charge >= 0.3 is 6.03 Å². The third-order valence-corrected chi connectivity index (χ3v) is 5.05. The lowest BCUT2D eigenvalue weighted by Gasteiger charge is -2.38. The van der Waals surface area contributed by atoms with Crippen LogP contribution in [-0.4, -0.2) is 62.3 Å². The zero-order chi connectivity index (χ0) is 16.9. The molecule has 1 aliphatic carbocycles. The van der Waals surface area contributed by atoms with Crippen LogP contribution in [0.3, 0.4) is 0 Å². The van der Waals surface area contributed by atoms with Crippen molar-refractivity contribution in [2.24, 2.45) is 0 Å². The van der Waals surface area contributed by atoms with Crippen molar-refractivity contribution in [1.29, 1.82) is 0 Å². The summed E-state index contributed by atoms with van der Waals surface area (Å²) in [5, 5.41) is 2.95. The van der Waals surface area contributed by atoms with Crippen LogP contribution in [0, 0.1) is 0 Å². The molecule has 0 aromatic heterocycles. The number of hydrogen-bond acceptors (Lipinski definition) is 4. The van der Waals surface area contributed by atoms with Crippen LogP contribution in [0.5, 0.6) is 11.5 Å². The molecule has 1 saturated carbocycles. The topological polar surface area (TPSA) is 54.0 Å². The first-order valence-electron chi connectivity index (χ1n) is 8.72. The average molecular weight is 333 g/mol. The van der Waals surface area contributed by atoms with E-state index >= 15 is 0 Å². The Balaban J connectivity index is 1.56. The fraction of sp³-hybridized carbons (Fsp3) is 0.611. The molecule has 132 valence electrons. The number of rotatable bonds is 4. The molecule has 0 atom stereocenters. The molecule has 1 heterocycles. The van der Waals surface area contributed by atoms with Gasteiger partial charge in [-0.2, -0.15) is 0 Å². The van der Waals surface area contributed by atoms with Crippen LogP contribution in [0.2, 0.25) is 0 Å². The van der Waals surface area contributed by atoms with Gasteiger partial charge < -0.3 is 19.7 Å². The number of hydrogen-bond donors (Lipinski definition) is 1. The van der Waals surface area contributed by atoms with Gasteiger partial charge in [-0.25, -0.2) is 4.79 Å². The second-order valence-corrected chi connectivity index (χ2v) is 6.49.